The van der Waals surface area contributed by atoms with Crippen LogP contribution >= 0.6 is 0 Å². The summed E-state index contributed by atoms with van der Waals surface area (Å²) >= 11 is 0. The minimum absolute atomic E-state index is 0.225. The first-order valence-electron chi connectivity index (χ1n) is 8.57. The Hall–Kier alpha value is -3.74. The summed E-state index contributed by atoms with van der Waals surface area (Å²) in [5.41, 5.74) is 3.03. The molecular weight excluding hydrogens is 342 g/mol. The quantitative estimate of drug-likeness (QED) is 0.503. The smallest absolute Gasteiger partial charge is 0.257 e. The molecule has 0 aliphatic rings. The number of hydrogen-bond donors (Lipinski definition) is 1. The molecule has 3 heterocycles. The molecular formula is C20H15N5O2. The minimum Gasteiger partial charge on any atom is -0.450 e. The maximum atomic E-state index is 5.94. The standard InChI is InChI=1S/C20H15N5O2/c1-12(18-24-20(27-25-18)13-7-3-2-4-8-13)23-19-17-16(21-11-22-19)14-9-5-6-10-15(14)26-17/h2-12H,1H3,(H,21,22,23). The number of furan rings is 1. The van der Waals surface area contributed by atoms with Gasteiger partial charge in [0.1, 0.15) is 17.4 Å². The molecule has 2 aromatic carbocycles. The highest BCUT2D eigenvalue weighted by Gasteiger charge is 2.18. The molecule has 7 heteroatoms. The zero-order chi connectivity index (χ0) is 18.2. The summed E-state index contributed by atoms with van der Waals surface area (Å²) in [7, 11) is 0. The summed E-state index contributed by atoms with van der Waals surface area (Å²) in [6, 6.07) is 17.2. The molecule has 5 aromatic rings. The van der Waals surface area contributed by atoms with E-state index in [4.69, 9.17) is 8.94 Å². The third-order valence-electron chi connectivity index (χ3n) is 4.36. The second kappa shape index (κ2) is 6.21. The molecule has 1 atom stereocenters. The summed E-state index contributed by atoms with van der Waals surface area (Å²) in [4.78, 5) is 13.2. The molecule has 3 aromatic heterocycles. The van der Waals surface area contributed by atoms with Crippen LogP contribution < -0.4 is 5.32 Å². The van der Waals surface area contributed by atoms with E-state index < -0.39 is 0 Å². The van der Waals surface area contributed by atoms with Crippen molar-refractivity contribution in [2.45, 2.75) is 13.0 Å². The molecule has 0 spiro atoms. The van der Waals surface area contributed by atoms with Crippen molar-refractivity contribution in [2.75, 3.05) is 5.32 Å². The topological polar surface area (TPSA) is 89.9 Å². The predicted molar refractivity (Wildman–Crippen MR) is 101 cm³/mol. The van der Waals surface area contributed by atoms with Crippen LogP contribution in [0.25, 0.3) is 33.5 Å². The maximum Gasteiger partial charge on any atom is 0.257 e. The first-order chi connectivity index (χ1) is 13.3. The molecule has 0 aliphatic heterocycles. The fourth-order valence-electron chi connectivity index (χ4n) is 3.00. The highest BCUT2D eigenvalue weighted by atomic mass is 16.5. The predicted octanol–water partition coefficient (Wildman–Crippen LogP) is 4.60. The van der Waals surface area contributed by atoms with E-state index in [-0.39, 0.29) is 6.04 Å². The fourth-order valence-corrected chi connectivity index (χ4v) is 3.00. The van der Waals surface area contributed by atoms with Crippen molar-refractivity contribution in [2.24, 2.45) is 0 Å². The van der Waals surface area contributed by atoms with E-state index in [9.17, 15) is 0 Å². The highest BCUT2D eigenvalue weighted by molar-refractivity contribution is 6.05. The molecule has 0 saturated heterocycles. The van der Waals surface area contributed by atoms with Crippen LogP contribution in [0.3, 0.4) is 0 Å². The van der Waals surface area contributed by atoms with Gasteiger partial charge in [-0.25, -0.2) is 9.97 Å². The number of nitrogens with one attached hydrogen (secondary N) is 1. The first-order valence-corrected chi connectivity index (χ1v) is 8.57. The molecule has 0 fully saturated rings. The summed E-state index contributed by atoms with van der Waals surface area (Å²) < 4.78 is 11.3. The lowest BCUT2D eigenvalue weighted by Gasteiger charge is -2.10. The first kappa shape index (κ1) is 15.5. The molecule has 5 rings (SSSR count). The van der Waals surface area contributed by atoms with Gasteiger partial charge in [0.25, 0.3) is 5.89 Å². The van der Waals surface area contributed by atoms with E-state index in [1.54, 1.807) is 0 Å². The average molecular weight is 357 g/mol. The van der Waals surface area contributed by atoms with Gasteiger partial charge < -0.3 is 14.3 Å². The number of para-hydroxylation sites is 1. The van der Waals surface area contributed by atoms with Crippen LogP contribution in [0, 0.1) is 0 Å². The van der Waals surface area contributed by atoms with Crippen LogP contribution in [-0.2, 0) is 0 Å². The minimum atomic E-state index is -0.225. The van der Waals surface area contributed by atoms with Gasteiger partial charge in [-0.05, 0) is 31.2 Å². The molecule has 27 heavy (non-hydrogen) atoms. The molecule has 7 nitrogen and oxygen atoms in total. The van der Waals surface area contributed by atoms with Crippen molar-refractivity contribution in [3.05, 3.63) is 66.7 Å². The summed E-state index contributed by atoms with van der Waals surface area (Å²) in [5.74, 6) is 1.61. The lowest BCUT2D eigenvalue weighted by atomic mass is 10.2. The number of benzene rings is 2. The Kier molecular flexibility index (Phi) is 3.57. The molecule has 0 saturated carbocycles. The SMILES string of the molecule is CC(Nc1ncnc2c1oc1ccccc12)c1noc(-c2ccccc2)n1. The molecule has 132 valence electrons. The zero-order valence-corrected chi connectivity index (χ0v) is 14.5. The van der Waals surface area contributed by atoms with Crippen LogP contribution in [0.2, 0.25) is 0 Å². The number of rotatable bonds is 4. The van der Waals surface area contributed by atoms with Crippen molar-refractivity contribution >= 4 is 27.9 Å². The Morgan fingerprint density at radius 3 is 2.67 bits per heavy atom. The Morgan fingerprint density at radius 1 is 0.963 bits per heavy atom. The summed E-state index contributed by atoms with van der Waals surface area (Å²) in [6.45, 7) is 1.94. The van der Waals surface area contributed by atoms with Crippen molar-refractivity contribution in [1.82, 2.24) is 20.1 Å². The van der Waals surface area contributed by atoms with Crippen LogP contribution in [0.1, 0.15) is 18.8 Å². The van der Waals surface area contributed by atoms with E-state index in [0.29, 0.717) is 23.1 Å². The van der Waals surface area contributed by atoms with Crippen LogP contribution in [0.5, 0.6) is 0 Å². The molecule has 1 unspecified atom stereocenters. The normalized spacial score (nSPS) is 12.5. The monoisotopic (exact) mass is 357 g/mol. The fraction of sp³-hybridized carbons (Fsp3) is 0.100. The van der Waals surface area contributed by atoms with Crippen LogP contribution in [-0.4, -0.2) is 20.1 Å². The summed E-state index contributed by atoms with van der Waals surface area (Å²) in [6.07, 6.45) is 1.52. The molecule has 0 aliphatic carbocycles. The molecule has 0 radical (unpaired) electrons. The Balaban J connectivity index is 1.48. The Bertz CT molecular complexity index is 1230. The van der Waals surface area contributed by atoms with E-state index in [2.05, 4.69) is 25.4 Å². The lowest BCUT2D eigenvalue weighted by Crippen LogP contribution is -2.10. The van der Waals surface area contributed by atoms with E-state index >= 15 is 0 Å². The average Bonchev–Trinajstić information content (AvgIpc) is 3.35. The maximum absolute atomic E-state index is 5.94. The van der Waals surface area contributed by atoms with Crippen molar-refractivity contribution in [3.8, 4) is 11.5 Å². The largest absolute Gasteiger partial charge is 0.450 e. The number of nitrogens with zero attached hydrogens (tertiary/aromatic N) is 4. The van der Waals surface area contributed by atoms with Gasteiger partial charge >= 0.3 is 0 Å². The van der Waals surface area contributed by atoms with Gasteiger partial charge in [0, 0.05) is 10.9 Å². The third kappa shape index (κ3) is 2.69. The summed E-state index contributed by atoms with van der Waals surface area (Å²) in [5, 5.41) is 8.34. The number of aromatic nitrogens is 4. The van der Waals surface area contributed by atoms with Gasteiger partial charge in [0.15, 0.2) is 17.2 Å². The number of fused-ring (bicyclic) bond motifs is 3. The van der Waals surface area contributed by atoms with Gasteiger partial charge in [-0.15, -0.1) is 0 Å². The van der Waals surface area contributed by atoms with Gasteiger partial charge in [-0.1, -0.05) is 35.5 Å². The van der Waals surface area contributed by atoms with Crippen LogP contribution in [0.4, 0.5) is 5.82 Å². The van der Waals surface area contributed by atoms with E-state index in [1.807, 2.05) is 61.5 Å². The van der Waals surface area contributed by atoms with Gasteiger partial charge in [0.2, 0.25) is 0 Å². The van der Waals surface area contributed by atoms with Gasteiger partial charge in [-0.3, -0.25) is 0 Å². The Morgan fingerprint density at radius 2 is 1.78 bits per heavy atom. The van der Waals surface area contributed by atoms with Crippen molar-refractivity contribution in [3.63, 3.8) is 0 Å². The number of anilines is 1. The van der Waals surface area contributed by atoms with Crippen LogP contribution in [0.15, 0.2) is 69.9 Å². The van der Waals surface area contributed by atoms with E-state index in [0.717, 1.165) is 22.0 Å². The molecule has 0 amide bonds. The number of hydrogen-bond acceptors (Lipinski definition) is 7. The second-order valence-electron chi connectivity index (χ2n) is 6.19. The van der Waals surface area contributed by atoms with Crippen molar-refractivity contribution < 1.29 is 8.94 Å². The highest BCUT2D eigenvalue weighted by Crippen LogP contribution is 2.31. The van der Waals surface area contributed by atoms with E-state index in [1.165, 1.54) is 6.33 Å². The zero-order valence-electron chi connectivity index (χ0n) is 14.5. The molecule has 0 bridgehead atoms. The molecule has 1 N–H and O–H groups in total. The Labute approximate surface area is 154 Å². The van der Waals surface area contributed by atoms with Crippen molar-refractivity contribution in [1.29, 1.82) is 0 Å². The van der Waals surface area contributed by atoms with Gasteiger partial charge in [-0.2, -0.15) is 4.98 Å². The third-order valence-corrected chi connectivity index (χ3v) is 4.36. The lowest BCUT2D eigenvalue weighted by molar-refractivity contribution is 0.419. The second-order valence-corrected chi connectivity index (χ2v) is 6.19. The van der Waals surface area contributed by atoms with Gasteiger partial charge in [0.05, 0.1) is 6.04 Å².